The Kier molecular flexibility index (Phi) is 5.22. The predicted molar refractivity (Wildman–Crippen MR) is 66.0 cm³/mol. The smallest absolute Gasteiger partial charge is 0.109 e. The average molecular weight is 227 g/mol. The molecule has 0 aliphatic carbocycles. The van der Waals surface area contributed by atoms with Crippen LogP contribution in [0, 0.1) is 5.92 Å². The maximum Gasteiger partial charge on any atom is 0.109 e. The standard InChI is InChI=1S/C11H21N3S/c1-8(2)6-10(12)7-14-9(3)11-13-4-5-15-11/h4-5,8-10,14H,6-7,12H2,1-3H3. The molecule has 0 saturated carbocycles. The molecule has 15 heavy (non-hydrogen) atoms. The highest BCUT2D eigenvalue weighted by Crippen LogP contribution is 2.14. The fourth-order valence-electron chi connectivity index (χ4n) is 1.55. The average Bonchev–Trinajstić information content (AvgIpc) is 2.65. The molecule has 0 aliphatic rings. The lowest BCUT2D eigenvalue weighted by atomic mass is 10.0. The third-order valence-electron chi connectivity index (χ3n) is 2.28. The second-order valence-electron chi connectivity index (χ2n) is 4.39. The summed E-state index contributed by atoms with van der Waals surface area (Å²) in [6.45, 7) is 7.38. The Morgan fingerprint density at radius 1 is 1.47 bits per heavy atom. The van der Waals surface area contributed by atoms with Gasteiger partial charge in [0, 0.05) is 24.2 Å². The summed E-state index contributed by atoms with van der Waals surface area (Å²) in [5.41, 5.74) is 6.00. The van der Waals surface area contributed by atoms with Crippen LogP contribution in [0.4, 0.5) is 0 Å². The van der Waals surface area contributed by atoms with Crippen molar-refractivity contribution in [1.29, 1.82) is 0 Å². The van der Waals surface area contributed by atoms with Crippen LogP contribution in [0.25, 0.3) is 0 Å². The Balaban J connectivity index is 2.25. The summed E-state index contributed by atoms with van der Waals surface area (Å²) in [6.07, 6.45) is 2.91. The lowest BCUT2D eigenvalue weighted by Gasteiger charge is -2.17. The number of hydrogen-bond donors (Lipinski definition) is 2. The van der Waals surface area contributed by atoms with E-state index in [1.165, 1.54) is 0 Å². The number of hydrogen-bond acceptors (Lipinski definition) is 4. The highest BCUT2D eigenvalue weighted by atomic mass is 32.1. The second-order valence-corrected chi connectivity index (χ2v) is 5.32. The Morgan fingerprint density at radius 3 is 2.73 bits per heavy atom. The fraction of sp³-hybridized carbons (Fsp3) is 0.727. The van der Waals surface area contributed by atoms with Crippen LogP contribution in [-0.2, 0) is 0 Å². The Bertz CT molecular complexity index is 259. The summed E-state index contributed by atoms with van der Waals surface area (Å²) in [4.78, 5) is 4.27. The summed E-state index contributed by atoms with van der Waals surface area (Å²) < 4.78 is 0. The van der Waals surface area contributed by atoms with Crippen molar-refractivity contribution in [2.24, 2.45) is 11.7 Å². The summed E-state index contributed by atoms with van der Waals surface area (Å²) in [5, 5.41) is 6.55. The van der Waals surface area contributed by atoms with E-state index in [-0.39, 0.29) is 6.04 Å². The SMILES string of the molecule is CC(C)CC(N)CNC(C)c1nccs1. The van der Waals surface area contributed by atoms with Crippen molar-refractivity contribution in [1.82, 2.24) is 10.3 Å². The molecule has 1 heterocycles. The molecule has 0 spiro atoms. The van der Waals surface area contributed by atoms with Gasteiger partial charge in [0.05, 0.1) is 6.04 Å². The number of aromatic nitrogens is 1. The molecule has 1 aromatic rings. The number of nitrogens with two attached hydrogens (primary N) is 1. The van der Waals surface area contributed by atoms with Crippen LogP contribution in [-0.4, -0.2) is 17.6 Å². The minimum absolute atomic E-state index is 0.243. The van der Waals surface area contributed by atoms with Gasteiger partial charge in [0.2, 0.25) is 0 Å². The molecular formula is C11H21N3S. The van der Waals surface area contributed by atoms with Gasteiger partial charge < -0.3 is 11.1 Å². The first-order valence-electron chi connectivity index (χ1n) is 5.48. The van der Waals surface area contributed by atoms with E-state index in [0.29, 0.717) is 12.0 Å². The van der Waals surface area contributed by atoms with Crippen molar-refractivity contribution in [2.45, 2.75) is 39.3 Å². The van der Waals surface area contributed by atoms with Crippen LogP contribution in [0.15, 0.2) is 11.6 Å². The second kappa shape index (κ2) is 6.20. The molecule has 0 aromatic carbocycles. The van der Waals surface area contributed by atoms with Gasteiger partial charge in [-0.05, 0) is 19.3 Å². The summed E-state index contributed by atoms with van der Waals surface area (Å²) in [7, 11) is 0. The van der Waals surface area contributed by atoms with Crippen LogP contribution in [0.3, 0.4) is 0 Å². The number of nitrogens with one attached hydrogen (secondary N) is 1. The van der Waals surface area contributed by atoms with Crippen LogP contribution in [0.1, 0.15) is 38.2 Å². The minimum atomic E-state index is 0.243. The Hall–Kier alpha value is -0.450. The molecule has 1 rings (SSSR count). The van der Waals surface area contributed by atoms with Crippen molar-refractivity contribution in [3.8, 4) is 0 Å². The molecule has 3 N–H and O–H groups in total. The highest BCUT2D eigenvalue weighted by molar-refractivity contribution is 7.09. The molecule has 86 valence electrons. The lowest BCUT2D eigenvalue weighted by Crippen LogP contribution is -2.36. The van der Waals surface area contributed by atoms with E-state index in [9.17, 15) is 0 Å². The van der Waals surface area contributed by atoms with E-state index in [1.807, 2.05) is 11.6 Å². The summed E-state index contributed by atoms with van der Waals surface area (Å²) >= 11 is 1.68. The summed E-state index contributed by atoms with van der Waals surface area (Å²) in [6, 6.07) is 0.552. The van der Waals surface area contributed by atoms with Crippen molar-refractivity contribution in [2.75, 3.05) is 6.54 Å². The van der Waals surface area contributed by atoms with E-state index >= 15 is 0 Å². The lowest BCUT2D eigenvalue weighted by molar-refractivity contribution is 0.445. The molecule has 1 aromatic heterocycles. The minimum Gasteiger partial charge on any atom is -0.327 e. The van der Waals surface area contributed by atoms with Gasteiger partial charge in [-0.25, -0.2) is 4.98 Å². The molecule has 0 aliphatic heterocycles. The number of thiazole rings is 1. The van der Waals surface area contributed by atoms with E-state index in [1.54, 1.807) is 11.3 Å². The molecular weight excluding hydrogens is 206 g/mol. The summed E-state index contributed by atoms with van der Waals surface area (Å²) in [5.74, 6) is 0.664. The van der Waals surface area contributed by atoms with Gasteiger partial charge in [-0.3, -0.25) is 0 Å². The molecule has 2 atom stereocenters. The largest absolute Gasteiger partial charge is 0.327 e. The van der Waals surface area contributed by atoms with Gasteiger partial charge in [0.1, 0.15) is 5.01 Å². The van der Waals surface area contributed by atoms with Gasteiger partial charge in [-0.15, -0.1) is 11.3 Å². The monoisotopic (exact) mass is 227 g/mol. The molecule has 0 fully saturated rings. The van der Waals surface area contributed by atoms with Crippen molar-refractivity contribution in [3.63, 3.8) is 0 Å². The maximum absolute atomic E-state index is 6.00. The van der Waals surface area contributed by atoms with Gasteiger partial charge in [0.15, 0.2) is 0 Å². The van der Waals surface area contributed by atoms with Crippen molar-refractivity contribution < 1.29 is 0 Å². The van der Waals surface area contributed by atoms with E-state index in [4.69, 9.17) is 5.73 Å². The van der Waals surface area contributed by atoms with E-state index < -0.39 is 0 Å². The topological polar surface area (TPSA) is 50.9 Å². The Labute approximate surface area is 96.1 Å². The van der Waals surface area contributed by atoms with E-state index in [2.05, 4.69) is 31.1 Å². The Morgan fingerprint density at radius 2 is 2.20 bits per heavy atom. The van der Waals surface area contributed by atoms with Crippen LogP contribution in [0.2, 0.25) is 0 Å². The van der Waals surface area contributed by atoms with Crippen molar-refractivity contribution in [3.05, 3.63) is 16.6 Å². The highest BCUT2D eigenvalue weighted by Gasteiger charge is 2.10. The normalized spacial score (nSPS) is 15.5. The molecule has 0 bridgehead atoms. The van der Waals surface area contributed by atoms with E-state index in [0.717, 1.165) is 18.0 Å². The van der Waals surface area contributed by atoms with Gasteiger partial charge in [-0.2, -0.15) is 0 Å². The number of rotatable bonds is 6. The van der Waals surface area contributed by atoms with Gasteiger partial charge in [-0.1, -0.05) is 13.8 Å². The van der Waals surface area contributed by atoms with Crippen LogP contribution >= 0.6 is 11.3 Å². The zero-order valence-corrected chi connectivity index (χ0v) is 10.6. The van der Waals surface area contributed by atoms with Gasteiger partial charge >= 0.3 is 0 Å². The molecule has 0 saturated heterocycles. The zero-order valence-electron chi connectivity index (χ0n) is 9.73. The van der Waals surface area contributed by atoms with Crippen molar-refractivity contribution >= 4 is 11.3 Å². The molecule has 0 amide bonds. The quantitative estimate of drug-likeness (QED) is 0.783. The zero-order chi connectivity index (χ0) is 11.3. The third-order valence-corrected chi connectivity index (χ3v) is 3.24. The maximum atomic E-state index is 6.00. The first kappa shape index (κ1) is 12.6. The molecule has 0 radical (unpaired) electrons. The van der Waals surface area contributed by atoms with Crippen LogP contribution < -0.4 is 11.1 Å². The predicted octanol–water partition coefficient (Wildman–Crippen LogP) is 2.17. The van der Waals surface area contributed by atoms with Gasteiger partial charge in [0.25, 0.3) is 0 Å². The molecule has 4 heteroatoms. The number of nitrogens with zero attached hydrogens (tertiary/aromatic N) is 1. The molecule has 3 nitrogen and oxygen atoms in total. The first-order chi connectivity index (χ1) is 7.09. The third kappa shape index (κ3) is 4.73. The first-order valence-corrected chi connectivity index (χ1v) is 6.36. The fourth-order valence-corrected chi connectivity index (χ4v) is 2.22. The van der Waals surface area contributed by atoms with Crippen LogP contribution in [0.5, 0.6) is 0 Å². The molecule has 2 unspecified atom stereocenters.